The highest BCUT2D eigenvalue weighted by Crippen LogP contribution is 2.63. The number of halogens is 3. The fraction of sp³-hybridized carbons (Fsp3) is 0.750. The number of alkyl halides is 3. The molecule has 0 radical (unpaired) electrons. The largest absolute Gasteiger partial charge is 0.0991 e. The zero-order chi connectivity index (χ0) is 14.3. The molecule has 2 fully saturated rings. The van der Waals surface area contributed by atoms with E-state index in [0.29, 0.717) is 6.84 Å². The molecule has 0 saturated heterocycles. The third-order valence-corrected chi connectivity index (χ3v) is 7.80. The van der Waals surface area contributed by atoms with Crippen LogP contribution in [-0.2, 0) is 0 Å². The highest BCUT2D eigenvalue weighted by molar-refractivity contribution is 14.2. The molecule has 0 spiro atoms. The first-order chi connectivity index (χ1) is 8.83. The van der Waals surface area contributed by atoms with Gasteiger partial charge in [-0.15, -0.1) is 0 Å². The lowest BCUT2D eigenvalue weighted by molar-refractivity contribution is 0.136. The van der Waals surface area contributed by atoms with E-state index in [0.717, 1.165) is 17.8 Å². The summed E-state index contributed by atoms with van der Waals surface area (Å²) in [5.74, 6) is 2.44. The molecule has 2 aliphatic carbocycles. The predicted octanol–water partition coefficient (Wildman–Crippen LogP) is 6.56. The highest BCUT2D eigenvalue weighted by atomic mass is 127. The van der Waals surface area contributed by atoms with Crippen molar-refractivity contribution in [1.82, 2.24) is 0 Å². The molecule has 0 aliphatic heterocycles. The minimum absolute atomic E-state index is 0.451. The van der Waals surface area contributed by atoms with Gasteiger partial charge in [0.25, 0.3) is 0 Å². The first-order valence-electron chi connectivity index (χ1n) is 7.10. The van der Waals surface area contributed by atoms with E-state index in [2.05, 4.69) is 94.3 Å². The summed E-state index contributed by atoms with van der Waals surface area (Å²) in [5, 5.41) is 0. The van der Waals surface area contributed by atoms with Gasteiger partial charge in [0.1, 0.15) is 0 Å². The molecule has 0 aromatic heterocycles. The van der Waals surface area contributed by atoms with Crippen molar-refractivity contribution in [1.29, 1.82) is 0 Å². The van der Waals surface area contributed by atoms with Crippen LogP contribution in [-0.4, -0.2) is 5.86 Å². The van der Waals surface area contributed by atoms with Crippen LogP contribution in [0.25, 0.3) is 0 Å². The van der Waals surface area contributed by atoms with E-state index < -0.39 is 0 Å². The number of hydrogen-bond donors (Lipinski definition) is 0. The first kappa shape index (κ1) is 17.0. The summed E-state index contributed by atoms with van der Waals surface area (Å²) >= 11 is 7.91. The van der Waals surface area contributed by atoms with E-state index in [1.807, 2.05) is 6.08 Å². The van der Waals surface area contributed by atoms with Crippen molar-refractivity contribution in [2.45, 2.75) is 41.0 Å². The number of rotatable bonds is 3. The number of hydrogen-bond acceptors (Lipinski definition) is 0. The van der Waals surface area contributed by atoms with Crippen molar-refractivity contribution in [3.05, 3.63) is 24.3 Å². The summed E-state index contributed by atoms with van der Waals surface area (Å²) in [6, 6.07) is 0. The molecule has 2 saturated carbocycles. The number of fused-ring (bicyclic) bond motifs is 1. The van der Waals surface area contributed by atoms with Crippen molar-refractivity contribution in [3.8, 4) is 0 Å². The van der Waals surface area contributed by atoms with Crippen LogP contribution in [0.3, 0.4) is 0 Å². The lowest BCUT2D eigenvalue weighted by Crippen LogP contribution is -2.35. The second kappa shape index (κ2) is 6.42. The van der Waals surface area contributed by atoms with Crippen LogP contribution in [0.4, 0.5) is 0 Å². The fourth-order valence-corrected chi connectivity index (χ4v) is 6.48. The molecule has 0 aromatic carbocycles. The van der Waals surface area contributed by atoms with Crippen LogP contribution in [0, 0.1) is 23.2 Å². The Bertz CT molecular complexity index is 381. The van der Waals surface area contributed by atoms with Crippen LogP contribution >= 0.6 is 67.8 Å². The van der Waals surface area contributed by atoms with Gasteiger partial charge >= 0.3 is 0 Å². The van der Waals surface area contributed by atoms with Gasteiger partial charge in [-0.2, -0.15) is 0 Å². The van der Waals surface area contributed by atoms with Gasteiger partial charge in [0, 0.05) is 4.43 Å². The van der Waals surface area contributed by atoms with Gasteiger partial charge in [0.05, 0.1) is 1.43 Å². The molecule has 3 heteroatoms. The summed E-state index contributed by atoms with van der Waals surface area (Å²) < 4.78 is 1.74. The Morgan fingerprint density at radius 1 is 1.37 bits per heavy atom. The molecule has 3 unspecified atom stereocenters. The molecule has 0 nitrogen and oxygen atoms in total. The zero-order valence-corrected chi connectivity index (χ0v) is 18.2. The summed E-state index contributed by atoms with van der Waals surface area (Å²) in [4.78, 5) is 0. The Balaban J connectivity index is 2.37. The SMILES string of the molecule is C=C/C=C1/C2CCC(I)(I)CC2C(C)(C)C1CCI. The molecule has 0 N–H and O–H groups in total. The molecular formula is C16H23I3. The summed E-state index contributed by atoms with van der Waals surface area (Å²) in [6.07, 6.45) is 9.79. The Hall–Kier alpha value is 1.67. The molecule has 19 heavy (non-hydrogen) atoms. The summed E-state index contributed by atoms with van der Waals surface area (Å²) in [5.41, 5.74) is 2.16. The molecule has 3 atom stereocenters. The fourth-order valence-electron chi connectivity index (χ4n) is 4.28. The van der Waals surface area contributed by atoms with E-state index in [9.17, 15) is 0 Å². The van der Waals surface area contributed by atoms with Gasteiger partial charge in [-0.1, -0.05) is 106 Å². The van der Waals surface area contributed by atoms with E-state index in [4.69, 9.17) is 0 Å². The van der Waals surface area contributed by atoms with Crippen molar-refractivity contribution < 1.29 is 0 Å². The molecule has 108 valence electrons. The van der Waals surface area contributed by atoms with Gasteiger partial charge in [0.2, 0.25) is 0 Å². The van der Waals surface area contributed by atoms with E-state index in [1.165, 1.54) is 30.1 Å². The smallest absolute Gasteiger partial charge is 0.0738 e. The van der Waals surface area contributed by atoms with Crippen molar-refractivity contribution >= 4 is 67.8 Å². The highest BCUT2D eigenvalue weighted by Gasteiger charge is 2.54. The van der Waals surface area contributed by atoms with Crippen LogP contribution in [0.1, 0.15) is 39.5 Å². The normalized spacial score (nSPS) is 38.2. The Kier molecular flexibility index (Phi) is 5.76. The summed E-state index contributed by atoms with van der Waals surface area (Å²) in [6.45, 7) is 8.98. The lowest BCUT2D eigenvalue weighted by Gasteiger charge is -2.41. The Morgan fingerprint density at radius 3 is 2.63 bits per heavy atom. The van der Waals surface area contributed by atoms with E-state index in [-0.39, 0.29) is 0 Å². The predicted molar refractivity (Wildman–Crippen MR) is 111 cm³/mol. The van der Waals surface area contributed by atoms with Gasteiger partial charge in [-0.05, 0) is 48.9 Å². The first-order valence-corrected chi connectivity index (χ1v) is 10.8. The van der Waals surface area contributed by atoms with Crippen LogP contribution in [0.2, 0.25) is 0 Å². The molecule has 0 aromatic rings. The maximum absolute atomic E-state index is 3.95. The maximum Gasteiger partial charge on any atom is 0.0738 e. The Labute approximate surface area is 159 Å². The monoisotopic (exact) mass is 596 g/mol. The van der Waals surface area contributed by atoms with Crippen LogP contribution in [0.15, 0.2) is 24.3 Å². The molecule has 2 rings (SSSR count). The average molecular weight is 596 g/mol. The standard InChI is InChI=1S/C16H23I3/c1-4-5-11-12-6-8-16(18,19)10-14(12)15(2,3)13(11)7-9-17/h4-5,12-14H,1,6-10H2,2-3H3/b11-5-. The van der Waals surface area contributed by atoms with Gasteiger partial charge in [-0.3, -0.25) is 0 Å². The van der Waals surface area contributed by atoms with E-state index in [1.54, 1.807) is 5.57 Å². The third-order valence-electron chi connectivity index (χ3n) is 5.22. The minimum Gasteiger partial charge on any atom is -0.0991 e. The second-order valence-electron chi connectivity index (χ2n) is 6.57. The molecule has 0 amide bonds. The van der Waals surface area contributed by atoms with Crippen LogP contribution in [0.5, 0.6) is 0 Å². The third kappa shape index (κ3) is 3.37. The molecule has 2 aliphatic rings. The maximum atomic E-state index is 3.95. The lowest BCUT2D eigenvalue weighted by atomic mass is 9.69. The van der Waals surface area contributed by atoms with Gasteiger partial charge in [0.15, 0.2) is 0 Å². The molecule has 0 heterocycles. The van der Waals surface area contributed by atoms with Crippen molar-refractivity contribution in [3.63, 3.8) is 0 Å². The van der Waals surface area contributed by atoms with Gasteiger partial charge < -0.3 is 0 Å². The van der Waals surface area contributed by atoms with Crippen molar-refractivity contribution in [2.24, 2.45) is 23.2 Å². The topological polar surface area (TPSA) is 0 Å². The van der Waals surface area contributed by atoms with Crippen molar-refractivity contribution in [2.75, 3.05) is 4.43 Å². The van der Waals surface area contributed by atoms with Crippen LogP contribution < -0.4 is 0 Å². The minimum atomic E-state index is 0.451. The van der Waals surface area contributed by atoms with E-state index >= 15 is 0 Å². The average Bonchev–Trinajstić information content (AvgIpc) is 2.50. The summed E-state index contributed by atoms with van der Waals surface area (Å²) in [7, 11) is 0. The van der Waals surface area contributed by atoms with Gasteiger partial charge in [-0.25, -0.2) is 0 Å². The molecular weight excluding hydrogens is 573 g/mol. The second-order valence-corrected chi connectivity index (χ2v) is 13.8. The zero-order valence-electron chi connectivity index (χ0n) is 11.8. The Morgan fingerprint density at radius 2 is 2.05 bits per heavy atom. The quantitative estimate of drug-likeness (QED) is 0.256. The molecule has 0 bridgehead atoms. The number of allylic oxidation sites excluding steroid dienone is 3.